The maximum Gasteiger partial charge on any atom is 0.416 e. The molecule has 1 N–H and O–H groups in total. The van der Waals surface area contributed by atoms with E-state index in [1.165, 1.54) is 19.2 Å². The van der Waals surface area contributed by atoms with Crippen LogP contribution in [0, 0.1) is 0 Å². The summed E-state index contributed by atoms with van der Waals surface area (Å²) in [6.45, 7) is -0.284. The van der Waals surface area contributed by atoms with Crippen LogP contribution in [-0.4, -0.2) is 44.2 Å². The standard InChI is InChI=1S/C24H21F3N2O6S/c1-34-22-7-3-6-19(28-22)15-8-10-21-20(12-15)29(14-17(35-21)9-11-23(30)31)36(32,33)18-5-2-4-16(13-18)24(25,26)27/h2-8,10,12-13,17H,9,11,14H2,1H3,(H,30,31)/t17-/m0/s1. The van der Waals surface area contributed by atoms with Crippen molar-refractivity contribution in [3.8, 4) is 22.9 Å². The Kier molecular flexibility index (Phi) is 6.81. The summed E-state index contributed by atoms with van der Waals surface area (Å²) in [7, 11) is -3.03. The topological polar surface area (TPSA) is 106 Å². The number of halogens is 3. The Morgan fingerprint density at radius 1 is 1.17 bits per heavy atom. The van der Waals surface area contributed by atoms with Crippen molar-refractivity contribution in [1.29, 1.82) is 0 Å². The molecule has 1 atom stereocenters. The number of fused-ring (bicyclic) bond motifs is 1. The van der Waals surface area contributed by atoms with E-state index in [0.717, 1.165) is 22.5 Å². The molecule has 1 aliphatic rings. The summed E-state index contributed by atoms with van der Waals surface area (Å²) in [5.74, 6) is -0.599. The quantitative estimate of drug-likeness (QED) is 0.484. The van der Waals surface area contributed by atoms with E-state index in [1.54, 1.807) is 24.3 Å². The number of hydrogen-bond acceptors (Lipinski definition) is 6. The molecule has 2 aromatic carbocycles. The van der Waals surface area contributed by atoms with E-state index in [9.17, 15) is 26.4 Å². The number of carbonyl (C=O) groups is 1. The maximum absolute atomic E-state index is 13.6. The van der Waals surface area contributed by atoms with Gasteiger partial charge in [-0.2, -0.15) is 13.2 Å². The first-order valence-electron chi connectivity index (χ1n) is 10.7. The van der Waals surface area contributed by atoms with Crippen LogP contribution in [0.25, 0.3) is 11.3 Å². The number of rotatable bonds is 7. The summed E-state index contributed by atoms with van der Waals surface area (Å²) in [6.07, 6.45) is -5.83. The maximum atomic E-state index is 13.6. The molecule has 8 nitrogen and oxygen atoms in total. The highest BCUT2D eigenvalue weighted by atomic mass is 32.2. The van der Waals surface area contributed by atoms with E-state index in [0.29, 0.717) is 23.2 Å². The molecular formula is C24H21F3N2O6S. The molecule has 4 rings (SSSR count). The Morgan fingerprint density at radius 3 is 2.61 bits per heavy atom. The highest BCUT2D eigenvalue weighted by molar-refractivity contribution is 7.92. The molecule has 1 aliphatic heterocycles. The lowest BCUT2D eigenvalue weighted by Gasteiger charge is -2.35. The number of nitrogens with zero attached hydrogens (tertiary/aromatic N) is 2. The van der Waals surface area contributed by atoms with Gasteiger partial charge in [0.05, 0.1) is 35.5 Å². The van der Waals surface area contributed by atoms with Crippen molar-refractivity contribution in [2.24, 2.45) is 0 Å². The van der Waals surface area contributed by atoms with E-state index in [4.69, 9.17) is 14.6 Å². The SMILES string of the molecule is COc1cccc(-c2ccc3c(c2)N(S(=O)(=O)c2cccc(C(F)(F)F)c2)C[C@H](CCC(=O)O)O3)n1. The van der Waals surface area contributed by atoms with Crippen molar-refractivity contribution in [3.63, 3.8) is 0 Å². The van der Waals surface area contributed by atoms with Crippen LogP contribution in [0.15, 0.2) is 65.6 Å². The van der Waals surface area contributed by atoms with Crippen LogP contribution < -0.4 is 13.8 Å². The minimum absolute atomic E-state index is 0.00255. The molecule has 2 heterocycles. The number of carboxylic acid groups (broad SMARTS) is 1. The first-order chi connectivity index (χ1) is 17.0. The number of pyridine rings is 1. The number of benzene rings is 2. The smallest absolute Gasteiger partial charge is 0.416 e. The largest absolute Gasteiger partial charge is 0.486 e. The Morgan fingerprint density at radius 2 is 1.92 bits per heavy atom. The van der Waals surface area contributed by atoms with Gasteiger partial charge < -0.3 is 14.6 Å². The molecule has 1 aromatic heterocycles. The number of anilines is 1. The fourth-order valence-electron chi connectivity index (χ4n) is 3.78. The van der Waals surface area contributed by atoms with Gasteiger partial charge in [-0.1, -0.05) is 12.1 Å². The van der Waals surface area contributed by atoms with Gasteiger partial charge in [0, 0.05) is 18.1 Å². The zero-order valence-corrected chi connectivity index (χ0v) is 19.7. The first kappa shape index (κ1) is 25.3. The number of aliphatic carboxylic acids is 1. The van der Waals surface area contributed by atoms with Crippen molar-refractivity contribution in [1.82, 2.24) is 4.98 Å². The Labute approximate surface area is 205 Å². The molecule has 0 spiro atoms. The van der Waals surface area contributed by atoms with E-state index in [-0.39, 0.29) is 30.8 Å². The van der Waals surface area contributed by atoms with Gasteiger partial charge in [0.15, 0.2) is 0 Å². The lowest BCUT2D eigenvalue weighted by molar-refractivity contribution is -0.138. The molecule has 0 saturated carbocycles. The van der Waals surface area contributed by atoms with Crippen LogP contribution in [0.5, 0.6) is 11.6 Å². The van der Waals surface area contributed by atoms with Crippen LogP contribution in [0.3, 0.4) is 0 Å². The summed E-state index contributed by atoms with van der Waals surface area (Å²) in [5, 5.41) is 9.04. The number of sulfonamides is 1. The van der Waals surface area contributed by atoms with E-state index in [1.807, 2.05) is 0 Å². The van der Waals surface area contributed by atoms with Gasteiger partial charge in [-0.15, -0.1) is 0 Å². The van der Waals surface area contributed by atoms with Crippen LogP contribution in [0.1, 0.15) is 18.4 Å². The lowest BCUT2D eigenvalue weighted by Crippen LogP contribution is -2.43. The fraction of sp³-hybridized carbons (Fsp3) is 0.250. The van der Waals surface area contributed by atoms with Crippen LogP contribution in [0.2, 0.25) is 0 Å². The minimum Gasteiger partial charge on any atom is -0.486 e. The molecule has 0 fully saturated rings. The Balaban J connectivity index is 1.81. The van der Waals surface area contributed by atoms with Crippen LogP contribution in [0.4, 0.5) is 18.9 Å². The molecule has 0 amide bonds. The van der Waals surface area contributed by atoms with Gasteiger partial charge in [0.2, 0.25) is 5.88 Å². The van der Waals surface area contributed by atoms with Gasteiger partial charge in [0.25, 0.3) is 10.0 Å². The van der Waals surface area contributed by atoms with Crippen molar-refractivity contribution < 1.29 is 41.0 Å². The second-order valence-corrected chi connectivity index (χ2v) is 9.84. The number of carboxylic acids is 1. The predicted molar refractivity (Wildman–Crippen MR) is 123 cm³/mol. The number of alkyl halides is 3. The highest BCUT2D eigenvalue weighted by Gasteiger charge is 2.37. The first-order valence-corrected chi connectivity index (χ1v) is 12.2. The average Bonchev–Trinajstić information content (AvgIpc) is 2.86. The average molecular weight is 523 g/mol. The van der Waals surface area contributed by atoms with Crippen molar-refractivity contribution in [2.75, 3.05) is 18.0 Å². The van der Waals surface area contributed by atoms with E-state index >= 15 is 0 Å². The summed E-state index contributed by atoms with van der Waals surface area (Å²) in [4.78, 5) is 14.8. The van der Waals surface area contributed by atoms with Gasteiger partial charge >= 0.3 is 12.1 Å². The second kappa shape index (κ2) is 9.69. The van der Waals surface area contributed by atoms with Gasteiger partial charge in [-0.3, -0.25) is 9.10 Å². The monoisotopic (exact) mass is 522 g/mol. The van der Waals surface area contributed by atoms with Crippen molar-refractivity contribution >= 4 is 21.7 Å². The molecule has 0 unspecified atom stereocenters. The summed E-state index contributed by atoms with van der Waals surface area (Å²) in [5.41, 5.74) is -0.0130. The summed E-state index contributed by atoms with van der Waals surface area (Å²) >= 11 is 0. The fourth-order valence-corrected chi connectivity index (χ4v) is 5.33. The molecule has 36 heavy (non-hydrogen) atoms. The third-order valence-electron chi connectivity index (χ3n) is 5.55. The number of aromatic nitrogens is 1. The van der Waals surface area contributed by atoms with Crippen molar-refractivity contribution in [3.05, 3.63) is 66.2 Å². The van der Waals surface area contributed by atoms with Crippen LogP contribution in [-0.2, 0) is 21.0 Å². The Hall–Kier alpha value is -3.80. The van der Waals surface area contributed by atoms with Gasteiger partial charge in [-0.05, 0) is 48.9 Å². The summed E-state index contributed by atoms with van der Waals surface area (Å²) in [6, 6.07) is 13.2. The normalized spacial score (nSPS) is 15.7. The molecule has 0 saturated heterocycles. The van der Waals surface area contributed by atoms with Gasteiger partial charge in [0.1, 0.15) is 11.9 Å². The van der Waals surface area contributed by atoms with Crippen molar-refractivity contribution in [2.45, 2.75) is 30.0 Å². The molecule has 12 heteroatoms. The number of methoxy groups -OCH3 is 1. The van der Waals surface area contributed by atoms with Crippen LogP contribution >= 0.6 is 0 Å². The van der Waals surface area contributed by atoms with Gasteiger partial charge in [-0.25, -0.2) is 13.4 Å². The minimum atomic E-state index is -4.73. The van der Waals surface area contributed by atoms with E-state index in [2.05, 4.69) is 4.98 Å². The number of hydrogen-bond donors (Lipinski definition) is 1. The third-order valence-corrected chi connectivity index (χ3v) is 7.32. The Bertz CT molecular complexity index is 1390. The third kappa shape index (κ3) is 5.23. The molecule has 0 radical (unpaired) electrons. The molecular weight excluding hydrogens is 501 g/mol. The molecule has 0 bridgehead atoms. The zero-order valence-electron chi connectivity index (χ0n) is 18.9. The summed E-state index contributed by atoms with van der Waals surface area (Å²) < 4.78 is 79.0. The zero-order chi connectivity index (χ0) is 26.1. The highest BCUT2D eigenvalue weighted by Crippen LogP contribution is 2.41. The lowest BCUT2D eigenvalue weighted by atomic mass is 10.1. The second-order valence-electron chi connectivity index (χ2n) is 7.98. The molecule has 0 aliphatic carbocycles. The predicted octanol–water partition coefficient (Wildman–Crippen LogP) is 4.60. The number of ether oxygens (including phenoxy) is 2. The molecule has 190 valence electrons. The molecule has 3 aromatic rings. The van der Waals surface area contributed by atoms with E-state index < -0.39 is 38.7 Å².